The van der Waals surface area contributed by atoms with Crippen LogP contribution in [0.3, 0.4) is 0 Å². The Labute approximate surface area is 156 Å². The summed E-state index contributed by atoms with van der Waals surface area (Å²) in [4.78, 5) is 17.1. The van der Waals surface area contributed by atoms with Crippen LogP contribution in [0.4, 0.5) is 5.69 Å². The minimum Gasteiger partial charge on any atom is -0.378 e. The zero-order chi connectivity index (χ0) is 18.5. The van der Waals surface area contributed by atoms with Crippen molar-refractivity contribution in [2.24, 2.45) is 0 Å². The second kappa shape index (κ2) is 8.37. The average Bonchev–Trinajstić information content (AvgIpc) is 3.17. The van der Waals surface area contributed by atoms with Crippen molar-refractivity contribution >= 4 is 11.6 Å². The fourth-order valence-corrected chi connectivity index (χ4v) is 3.50. The third kappa shape index (κ3) is 4.44. The fraction of sp³-hybridized carbons (Fsp3) is 0.409. The van der Waals surface area contributed by atoms with Crippen LogP contribution >= 0.6 is 0 Å². The van der Waals surface area contributed by atoms with Crippen LogP contribution in [0.2, 0.25) is 0 Å². The molecule has 1 atom stereocenters. The lowest BCUT2D eigenvalue weighted by Crippen LogP contribution is -2.36. The van der Waals surface area contributed by atoms with Gasteiger partial charge in [-0.1, -0.05) is 29.8 Å². The highest BCUT2D eigenvalue weighted by molar-refractivity contribution is 5.94. The van der Waals surface area contributed by atoms with E-state index in [1.54, 1.807) is 0 Å². The van der Waals surface area contributed by atoms with Crippen molar-refractivity contribution in [3.05, 3.63) is 65.2 Å². The van der Waals surface area contributed by atoms with Crippen LogP contribution in [-0.4, -0.2) is 44.5 Å². The Balaban J connectivity index is 1.72. The molecule has 138 valence electrons. The summed E-state index contributed by atoms with van der Waals surface area (Å²) in [5.41, 5.74) is 4.34. The van der Waals surface area contributed by atoms with Crippen LogP contribution in [-0.2, 0) is 0 Å². The molecule has 2 aromatic rings. The van der Waals surface area contributed by atoms with Crippen LogP contribution in [0.5, 0.6) is 0 Å². The number of carbonyl (C=O) groups is 1. The van der Waals surface area contributed by atoms with Crippen LogP contribution in [0.25, 0.3) is 0 Å². The molecule has 1 saturated heterocycles. The standard InChI is InChI=1S/C22H29N3O/c1-17-6-8-19(9-7-17)22(26)23-16-21(25-14-4-5-15-25)18-10-12-20(13-11-18)24(2)3/h6-13,21H,4-5,14-16H2,1-3H3,(H,23,26). The molecule has 0 aliphatic carbocycles. The lowest BCUT2D eigenvalue weighted by atomic mass is 10.0. The molecule has 1 amide bonds. The molecule has 4 nitrogen and oxygen atoms in total. The topological polar surface area (TPSA) is 35.6 Å². The molecule has 1 fully saturated rings. The highest BCUT2D eigenvalue weighted by atomic mass is 16.1. The van der Waals surface area contributed by atoms with Crippen LogP contribution in [0.1, 0.15) is 40.4 Å². The molecule has 1 aliphatic heterocycles. The van der Waals surface area contributed by atoms with Gasteiger partial charge in [0.2, 0.25) is 0 Å². The Kier molecular flexibility index (Phi) is 5.94. The third-order valence-electron chi connectivity index (χ3n) is 5.15. The predicted molar refractivity (Wildman–Crippen MR) is 108 cm³/mol. The van der Waals surface area contributed by atoms with E-state index < -0.39 is 0 Å². The lowest BCUT2D eigenvalue weighted by molar-refractivity contribution is 0.0938. The molecule has 0 aromatic heterocycles. The van der Waals surface area contributed by atoms with Crippen molar-refractivity contribution in [3.63, 3.8) is 0 Å². The van der Waals surface area contributed by atoms with E-state index in [-0.39, 0.29) is 11.9 Å². The average molecular weight is 351 g/mol. The normalized spacial score (nSPS) is 15.7. The third-order valence-corrected chi connectivity index (χ3v) is 5.15. The van der Waals surface area contributed by atoms with Gasteiger partial charge in [0, 0.05) is 31.9 Å². The number of nitrogens with zero attached hydrogens (tertiary/aromatic N) is 2. The highest BCUT2D eigenvalue weighted by Gasteiger charge is 2.24. The van der Waals surface area contributed by atoms with E-state index >= 15 is 0 Å². The van der Waals surface area contributed by atoms with Gasteiger partial charge in [0.1, 0.15) is 0 Å². The van der Waals surface area contributed by atoms with Gasteiger partial charge in [0.05, 0.1) is 6.04 Å². The molecule has 1 aliphatic rings. The smallest absolute Gasteiger partial charge is 0.251 e. The van der Waals surface area contributed by atoms with E-state index in [2.05, 4.69) is 53.5 Å². The van der Waals surface area contributed by atoms with Gasteiger partial charge >= 0.3 is 0 Å². The second-order valence-electron chi connectivity index (χ2n) is 7.32. The number of carbonyl (C=O) groups excluding carboxylic acids is 1. The van der Waals surface area contributed by atoms with Crippen molar-refractivity contribution in [1.82, 2.24) is 10.2 Å². The number of aryl methyl sites for hydroxylation is 1. The van der Waals surface area contributed by atoms with E-state index in [0.29, 0.717) is 6.54 Å². The molecular formula is C22H29N3O. The lowest BCUT2D eigenvalue weighted by Gasteiger charge is -2.28. The summed E-state index contributed by atoms with van der Waals surface area (Å²) in [5, 5.41) is 3.14. The first kappa shape index (κ1) is 18.5. The molecule has 0 radical (unpaired) electrons. The van der Waals surface area contributed by atoms with Crippen molar-refractivity contribution in [1.29, 1.82) is 0 Å². The maximum Gasteiger partial charge on any atom is 0.251 e. The summed E-state index contributed by atoms with van der Waals surface area (Å²) >= 11 is 0. The Hall–Kier alpha value is -2.33. The van der Waals surface area contributed by atoms with Crippen LogP contribution < -0.4 is 10.2 Å². The summed E-state index contributed by atoms with van der Waals surface area (Å²) in [6.07, 6.45) is 2.47. The quantitative estimate of drug-likeness (QED) is 0.863. The van der Waals surface area contributed by atoms with E-state index in [9.17, 15) is 4.79 Å². The Bertz CT molecular complexity index is 716. The molecule has 26 heavy (non-hydrogen) atoms. The minimum atomic E-state index is -0.000825. The van der Waals surface area contributed by atoms with E-state index in [0.717, 1.165) is 24.2 Å². The molecule has 0 saturated carbocycles. The molecule has 1 unspecified atom stereocenters. The van der Waals surface area contributed by atoms with Crippen molar-refractivity contribution in [2.75, 3.05) is 38.6 Å². The number of amides is 1. The summed E-state index contributed by atoms with van der Waals surface area (Å²) in [6.45, 7) is 4.86. The number of nitrogens with one attached hydrogen (secondary N) is 1. The number of likely N-dealkylation sites (tertiary alicyclic amines) is 1. The van der Waals surface area contributed by atoms with Gasteiger partial charge in [-0.3, -0.25) is 9.69 Å². The fourth-order valence-electron chi connectivity index (χ4n) is 3.50. The van der Waals surface area contributed by atoms with Crippen molar-refractivity contribution < 1.29 is 4.79 Å². The summed E-state index contributed by atoms with van der Waals surface area (Å²) in [6, 6.07) is 16.7. The zero-order valence-electron chi connectivity index (χ0n) is 16.0. The van der Waals surface area contributed by atoms with Crippen LogP contribution in [0.15, 0.2) is 48.5 Å². The monoisotopic (exact) mass is 351 g/mol. The molecule has 4 heteroatoms. The molecule has 0 spiro atoms. The Morgan fingerprint density at radius 1 is 1.04 bits per heavy atom. The van der Waals surface area contributed by atoms with Gasteiger partial charge in [-0.15, -0.1) is 0 Å². The van der Waals surface area contributed by atoms with E-state index in [4.69, 9.17) is 0 Å². The summed E-state index contributed by atoms with van der Waals surface area (Å²) in [7, 11) is 4.10. The minimum absolute atomic E-state index is 0.000825. The molecule has 2 aromatic carbocycles. The SMILES string of the molecule is Cc1ccc(C(=O)NCC(c2ccc(N(C)C)cc2)N2CCCC2)cc1. The van der Waals surface area contributed by atoms with Gasteiger partial charge in [-0.05, 0) is 62.7 Å². The molecular weight excluding hydrogens is 322 g/mol. The Morgan fingerprint density at radius 3 is 2.23 bits per heavy atom. The second-order valence-corrected chi connectivity index (χ2v) is 7.32. The van der Waals surface area contributed by atoms with E-state index in [1.165, 1.54) is 24.1 Å². The first-order valence-corrected chi connectivity index (χ1v) is 9.41. The Morgan fingerprint density at radius 2 is 1.65 bits per heavy atom. The first-order chi connectivity index (χ1) is 12.5. The first-order valence-electron chi connectivity index (χ1n) is 9.41. The predicted octanol–water partition coefficient (Wildman–Crippen LogP) is 3.63. The van der Waals surface area contributed by atoms with Gasteiger partial charge in [-0.2, -0.15) is 0 Å². The number of hydrogen-bond acceptors (Lipinski definition) is 3. The van der Waals surface area contributed by atoms with Gasteiger partial charge < -0.3 is 10.2 Å². The van der Waals surface area contributed by atoms with Crippen LogP contribution in [0, 0.1) is 6.92 Å². The molecule has 1 N–H and O–H groups in total. The van der Waals surface area contributed by atoms with E-state index in [1.807, 2.05) is 31.2 Å². The number of rotatable bonds is 6. The van der Waals surface area contributed by atoms with Gasteiger partial charge in [-0.25, -0.2) is 0 Å². The summed E-state index contributed by atoms with van der Waals surface area (Å²) < 4.78 is 0. The highest BCUT2D eigenvalue weighted by Crippen LogP contribution is 2.26. The van der Waals surface area contributed by atoms with Gasteiger partial charge in [0.15, 0.2) is 0 Å². The number of anilines is 1. The maximum absolute atomic E-state index is 12.5. The van der Waals surface area contributed by atoms with Crippen molar-refractivity contribution in [3.8, 4) is 0 Å². The molecule has 0 bridgehead atoms. The maximum atomic E-state index is 12.5. The molecule has 3 rings (SSSR count). The summed E-state index contributed by atoms with van der Waals surface area (Å²) in [5.74, 6) is -0.000825. The number of benzene rings is 2. The van der Waals surface area contributed by atoms with Gasteiger partial charge in [0.25, 0.3) is 5.91 Å². The molecule has 1 heterocycles. The largest absolute Gasteiger partial charge is 0.378 e. The van der Waals surface area contributed by atoms with Crippen molar-refractivity contribution in [2.45, 2.75) is 25.8 Å². The zero-order valence-corrected chi connectivity index (χ0v) is 16.0. The number of hydrogen-bond donors (Lipinski definition) is 1.